The molecular weight excluding hydrogens is 362 g/mol. The quantitative estimate of drug-likeness (QED) is 0.674. The number of pyridine rings is 1. The van der Waals surface area contributed by atoms with Gasteiger partial charge in [-0.25, -0.2) is 0 Å². The summed E-state index contributed by atoms with van der Waals surface area (Å²) in [5.41, 5.74) is 5.01. The lowest BCUT2D eigenvalue weighted by atomic mass is 10.0. The Hall–Kier alpha value is -3.73. The largest absolute Gasteiger partial charge is 0.350 e. The van der Waals surface area contributed by atoms with E-state index in [2.05, 4.69) is 10.3 Å². The highest BCUT2D eigenvalue weighted by atomic mass is 16.2. The maximum absolute atomic E-state index is 13.3. The second-order valence-electron chi connectivity index (χ2n) is 7.01. The predicted molar refractivity (Wildman–Crippen MR) is 113 cm³/mol. The lowest BCUT2D eigenvalue weighted by Crippen LogP contribution is -2.32. The highest BCUT2D eigenvalue weighted by molar-refractivity contribution is 6.36. The topological polar surface area (TPSA) is 62.3 Å². The number of nitrogens with one attached hydrogen (secondary N) is 1. The van der Waals surface area contributed by atoms with Crippen LogP contribution in [0.15, 0.2) is 78.6 Å². The zero-order chi connectivity index (χ0) is 20.4. The first-order valence-electron chi connectivity index (χ1n) is 9.45. The van der Waals surface area contributed by atoms with Gasteiger partial charge >= 0.3 is 0 Å². The van der Waals surface area contributed by atoms with Gasteiger partial charge in [0.15, 0.2) is 0 Å². The van der Waals surface area contributed by atoms with E-state index < -0.39 is 0 Å². The van der Waals surface area contributed by atoms with Gasteiger partial charge in [0.2, 0.25) is 0 Å². The molecule has 0 atom stereocenters. The lowest BCUT2D eigenvalue weighted by molar-refractivity contribution is -0.137. The number of aromatic nitrogens is 1. The maximum Gasteiger partial charge on any atom is 0.278 e. The highest BCUT2D eigenvalue weighted by Gasteiger charge is 2.39. The molecule has 5 heteroatoms. The first-order valence-corrected chi connectivity index (χ1v) is 9.45. The zero-order valence-corrected chi connectivity index (χ0v) is 16.3. The van der Waals surface area contributed by atoms with E-state index in [1.165, 1.54) is 4.90 Å². The summed E-state index contributed by atoms with van der Waals surface area (Å²) in [6.45, 7) is 4.14. The SMILES string of the molecule is Cc1cccc(NC2=C(c3ccccc3)C(=O)N(Cc3ccccn3)C2=O)c1C. The van der Waals surface area contributed by atoms with Crippen molar-refractivity contribution in [3.05, 3.63) is 101 Å². The molecule has 2 aromatic carbocycles. The van der Waals surface area contributed by atoms with E-state index in [1.807, 2.05) is 68.4 Å². The number of carbonyl (C=O) groups excluding carboxylic acids is 2. The summed E-state index contributed by atoms with van der Waals surface area (Å²) < 4.78 is 0. The van der Waals surface area contributed by atoms with Gasteiger partial charge in [0.05, 0.1) is 17.8 Å². The fourth-order valence-corrected chi connectivity index (χ4v) is 3.38. The van der Waals surface area contributed by atoms with Crippen molar-refractivity contribution >= 4 is 23.1 Å². The van der Waals surface area contributed by atoms with Crippen molar-refractivity contribution in [3.8, 4) is 0 Å². The van der Waals surface area contributed by atoms with Crippen LogP contribution in [0.3, 0.4) is 0 Å². The molecule has 29 heavy (non-hydrogen) atoms. The minimum atomic E-state index is -0.347. The Kier molecular flexibility index (Phi) is 4.96. The summed E-state index contributed by atoms with van der Waals surface area (Å²) in [5, 5.41) is 3.24. The van der Waals surface area contributed by atoms with Crippen LogP contribution in [0.25, 0.3) is 5.57 Å². The molecule has 1 aliphatic heterocycles. The van der Waals surface area contributed by atoms with Gasteiger partial charge in [-0.3, -0.25) is 19.5 Å². The van der Waals surface area contributed by atoms with Crippen molar-refractivity contribution < 1.29 is 9.59 Å². The molecule has 0 bridgehead atoms. The molecule has 1 aromatic heterocycles. The number of nitrogens with zero attached hydrogens (tertiary/aromatic N) is 2. The van der Waals surface area contributed by atoms with E-state index in [4.69, 9.17) is 0 Å². The van der Waals surface area contributed by atoms with Crippen molar-refractivity contribution in [3.63, 3.8) is 0 Å². The van der Waals surface area contributed by atoms with E-state index in [0.29, 0.717) is 22.5 Å². The van der Waals surface area contributed by atoms with Crippen LogP contribution in [0.2, 0.25) is 0 Å². The third-order valence-electron chi connectivity index (χ3n) is 5.14. The van der Waals surface area contributed by atoms with Crippen molar-refractivity contribution in [1.82, 2.24) is 9.88 Å². The van der Waals surface area contributed by atoms with E-state index in [9.17, 15) is 9.59 Å². The Balaban J connectivity index is 1.76. The summed E-state index contributed by atoms with van der Waals surface area (Å²) in [7, 11) is 0. The van der Waals surface area contributed by atoms with Crippen LogP contribution in [-0.2, 0) is 16.1 Å². The smallest absolute Gasteiger partial charge is 0.278 e. The second kappa shape index (κ2) is 7.72. The third-order valence-corrected chi connectivity index (χ3v) is 5.14. The van der Waals surface area contributed by atoms with Crippen LogP contribution < -0.4 is 5.32 Å². The fraction of sp³-hybridized carbons (Fsp3) is 0.125. The standard InChI is InChI=1S/C24H21N3O2/c1-16-9-8-13-20(17(16)2)26-22-21(18-10-4-3-5-11-18)23(28)27(24(22)29)15-19-12-6-7-14-25-19/h3-14,26H,15H2,1-2H3. The average Bonchev–Trinajstić information content (AvgIpc) is 2.97. The van der Waals surface area contributed by atoms with Gasteiger partial charge in [0.1, 0.15) is 5.70 Å². The summed E-state index contributed by atoms with van der Waals surface area (Å²) in [4.78, 5) is 32.0. The number of carbonyl (C=O) groups is 2. The minimum Gasteiger partial charge on any atom is -0.350 e. The van der Waals surface area contributed by atoms with Gasteiger partial charge in [0.25, 0.3) is 11.8 Å². The van der Waals surface area contributed by atoms with E-state index >= 15 is 0 Å². The number of aryl methyl sites for hydroxylation is 1. The molecule has 3 aromatic rings. The monoisotopic (exact) mass is 383 g/mol. The van der Waals surface area contributed by atoms with Crippen LogP contribution in [0.4, 0.5) is 5.69 Å². The first kappa shape index (κ1) is 18.6. The Morgan fingerprint density at radius 3 is 2.34 bits per heavy atom. The van der Waals surface area contributed by atoms with Gasteiger partial charge in [0, 0.05) is 11.9 Å². The fourth-order valence-electron chi connectivity index (χ4n) is 3.38. The van der Waals surface area contributed by atoms with Crippen LogP contribution in [0.5, 0.6) is 0 Å². The number of amides is 2. The maximum atomic E-state index is 13.3. The number of anilines is 1. The first-order chi connectivity index (χ1) is 14.1. The number of hydrogen-bond acceptors (Lipinski definition) is 4. The van der Waals surface area contributed by atoms with E-state index in [-0.39, 0.29) is 18.4 Å². The van der Waals surface area contributed by atoms with Crippen molar-refractivity contribution in [2.24, 2.45) is 0 Å². The average molecular weight is 383 g/mol. The van der Waals surface area contributed by atoms with Crippen molar-refractivity contribution in [1.29, 1.82) is 0 Å². The summed E-state index contributed by atoms with van der Waals surface area (Å²) >= 11 is 0. The number of imide groups is 1. The second-order valence-corrected chi connectivity index (χ2v) is 7.01. The van der Waals surface area contributed by atoms with Gasteiger partial charge in [-0.2, -0.15) is 0 Å². The van der Waals surface area contributed by atoms with Gasteiger partial charge in [-0.15, -0.1) is 0 Å². The van der Waals surface area contributed by atoms with Crippen LogP contribution >= 0.6 is 0 Å². The number of hydrogen-bond donors (Lipinski definition) is 1. The molecule has 0 unspecified atom stereocenters. The predicted octanol–water partition coefficient (Wildman–Crippen LogP) is 4.09. The Morgan fingerprint density at radius 2 is 1.62 bits per heavy atom. The molecule has 0 saturated heterocycles. The van der Waals surface area contributed by atoms with Crippen molar-refractivity contribution in [2.45, 2.75) is 20.4 Å². The molecule has 1 N–H and O–H groups in total. The molecule has 0 saturated carbocycles. The summed E-state index contributed by atoms with van der Waals surface area (Å²) in [5.74, 6) is -0.667. The normalized spacial score (nSPS) is 13.9. The molecule has 4 rings (SSSR count). The lowest BCUT2D eigenvalue weighted by Gasteiger charge is -2.15. The van der Waals surface area contributed by atoms with Crippen LogP contribution in [-0.4, -0.2) is 21.7 Å². The third kappa shape index (κ3) is 3.55. The minimum absolute atomic E-state index is 0.132. The highest BCUT2D eigenvalue weighted by Crippen LogP contribution is 2.32. The van der Waals surface area contributed by atoms with Gasteiger partial charge in [-0.05, 0) is 48.7 Å². The Bertz CT molecular complexity index is 1110. The molecular formula is C24H21N3O2. The zero-order valence-electron chi connectivity index (χ0n) is 16.3. The van der Waals surface area contributed by atoms with Crippen LogP contribution in [0, 0.1) is 13.8 Å². The van der Waals surface area contributed by atoms with Crippen LogP contribution in [0.1, 0.15) is 22.4 Å². The molecule has 0 aliphatic carbocycles. The van der Waals surface area contributed by atoms with E-state index in [1.54, 1.807) is 18.3 Å². The molecule has 0 fully saturated rings. The molecule has 2 heterocycles. The Labute approximate surface area is 169 Å². The summed E-state index contributed by atoms with van der Waals surface area (Å²) in [6, 6.07) is 20.6. The van der Waals surface area contributed by atoms with E-state index in [0.717, 1.165) is 16.8 Å². The molecule has 0 radical (unpaired) electrons. The van der Waals surface area contributed by atoms with Gasteiger partial charge in [-0.1, -0.05) is 48.5 Å². The number of benzene rings is 2. The molecule has 5 nitrogen and oxygen atoms in total. The number of rotatable bonds is 5. The Morgan fingerprint density at radius 1 is 0.862 bits per heavy atom. The van der Waals surface area contributed by atoms with Crippen molar-refractivity contribution in [2.75, 3.05) is 5.32 Å². The van der Waals surface area contributed by atoms with Gasteiger partial charge < -0.3 is 5.32 Å². The molecule has 144 valence electrons. The molecule has 1 aliphatic rings. The molecule has 0 spiro atoms. The summed E-state index contributed by atoms with van der Waals surface area (Å²) in [6.07, 6.45) is 1.65. The molecule has 2 amide bonds.